The molecular weight excluding hydrogens is 532 g/mol. The number of unbranched alkanes of at least 4 members (excludes halogenated alkanes) is 16. The molecule has 0 fully saturated rings. The van der Waals surface area contributed by atoms with Gasteiger partial charge in [0.25, 0.3) is 0 Å². The standard InChI is InChI=1S/C39H68O4/c1-3-5-7-9-11-13-15-17-19-21-23-25-27-29-31-34-38(40)42-36-33-37-43-39(41)35-32-30-28-26-24-22-20-18-16-14-12-10-8-6-4-2/h5,7,11,13,17-20H,3-4,6,8-10,12,14-16,21-37H2,1-2H3/b7-5+,13-11+,19-17+,20-18+. The molecule has 0 aromatic carbocycles. The van der Waals surface area contributed by atoms with Crippen molar-refractivity contribution in [3.05, 3.63) is 48.6 Å². The van der Waals surface area contributed by atoms with Crippen LogP contribution in [0.3, 0.4) is 0 Å². The molecular formula is C39H68O4. The molecule has 0 radical (unpaired) electrons. The number of hydrogen-bond donors (Lipinski definition) is 0. The molecule has 0 aromatic rings. The fourth-order valence-corrected chi connectivity index (χ4v) is 4.80. The summed E-state index contributed by atoms with van der Waals surface area (Å²) in [5.41, 5.74) is 0. The maximum absolute atomic E-state index is 11.9. The minimum Gasteiger partial charge on any atom is -0.466 e. The molecule has 0 aliphatic rings. The van der Waals surface area contributed by atoms with Crippen LogP contribution < -0.4 is 0 Å². The van der Waals surface area contributed by atoms with Gasteiger partial charge in [0.2, 0.25) is 0 Å². The van der Waals surface area contributed by atoms with E-state index in [1.165, 1.54) is 83.5 Å². The Labute approximate surface area is 266 Å². The van der Waals surface area contributed by atoms with Crippen molar-refractivity contribution >= 4 is 11.9 Å². The van der Waals surface area contributed by atoms with Crippen molar-refractivity contribution in [2.75, 3.05) is 13.2 Å². The molecule has 248 valence electrons. The van der Waals surface area contributed by atoms with Crippen LogP contribution >= 0.6 is 0 Å². The topological polar surface area (TPSA) is 52.6 Å². The molecule has 4 nitrogen and oxygen atoms in total. The van der Waals surface area contributed by atoms with Crippen molar-refractivity contribution in [2.24, 2.45) is 0 Å². The summed E-state index contributed by atoms with van der Waals surface area (Å²) in [6.07, 6.45) is 45.7. The predicted octanol–water partition coefficient (Wildman–Crippen LogP) is 12.1. The van der Waals surface area contributed by atoms with Crippen molar-refractivity contribution in [2.45, 2.75) is 174 Å². The first kappa shape index (κ1) is 40.9. The van der Waals surface area contributed by atoms with Crippen molar-refractivity contribution in [3.8, 4) is 0 Å². The summed E-state index contributed by atoms with van der Waals surface area (Å²) in [5, 5.41) is 0. The number of esters is 2. The van der Waals surface area contributed by atoms with E-state index in [2.05, 4.69) is 62.5 Å². The zero-order valence-electron chi connectivity index (χ0n) is 28.3. The average molecular weight is 601 g/mol. The highest BCUT2D eigenvalue weighted by Gasteiger charge is 2.05. The van der Waals surface area contributed by atoms with Crippen LogP contribution in [0.4, 0.5) is 0 Å². The molecule has 0 spiro atoms. The highest BCUT2D eigenvalue weighted by molar-refractivity contribution is 5.69. The van der Waals surface area contributed by atoms with Crippen molar-refractivity contribution in [1.29, 1.82) is 0 Å². The summed E-state index contributed by atoms with van der Waals surface area (Å²) >= 11 is 0. The Morgan fingerprint density at radius 1 is 0.419 bits per heavy atom. The van der Waals surface area contributed by atoms with Crippen LogP contribution in [0.2, 0.25) is 0 Å². The lowest BCUT2D eigenvalue weighted by molar-refractivity contribution is -0.146. The van der Waals surface area contributed by atoms with Gasteiger partial charge in [-0.3, -0.25) is 9.59 Å². The summed E-state index contributed by atoms with van der Waals surface area (Å²) in [5.74, 6) is -0.271. The first-order valence-electron chi connectivity index (χ1n) is 18.1. The van der Waals surface area contributed by atoms with E-state index in [0.717, 1.165) is 57.8 Å². The van der Waals surface area contributed by atoms with E-state index < -0.39 is 0 Å². The molecule has 4 heteroatoms. The molecule has 0 aliphatic heterocycles. The average Bonchev–Trinajstić information content (AvgIpc) is 3.00. The van der Waals surface area contributed by atoms with Crippen LogP contribution in [0.25, 0.3) is 0 Å². The Kier molecular flexibility index (Phi) is 34.3. The SMILES string of the molecule is CC/C=C/C/C=C/C/C=C/CCCCCCCC(=O)OCCCOC(=O)CCCCCCC/C=C/CCCCCCCC. The Morgan fingerprint density at radius 3 is 1.26 bits per heavy atom. The quantitative estimate of drug-likeness (QED) is 0.0438. The zero-order valence-corrected chi connectivity index (χ0v) is 28.3. The molecule has 0 aromatic heterocycles. The molecule has 0 heterocycles. The second-order valence-electron chi connectivity index (χ2n) is 11.7. The van der Waals surface area contributed by atoms with Crippen molar-refractivity contribution < 1.29 is 19.1 Å². The van der Waals surface area contributed by atoms with Gasteiger partial charge in [-0.2, -0.15) is 0 Å². The lowest BCUT2D eigenvalue weighted by Crippen LogP contribution is -2.10. The smallest absolute Gasteiger partial charge is 0.305 e. The van der Waals surface area contributed by atoms with Gasteiger partial charge in [-0.15, -0.1) is 0 Å². The molecule has 0 saturated heterocycles. The van der Waals surface area contributed by atoms with E-state index in [1.807, 2.05) is 0 Å². The van der Waals surface area contributed by atoms with E-state index in [1.54, 1.807) is 0 Å². The summed E-state index contributed by atoms with van der Waals surface area (Å²) < 4.78 is 10.6. The third kappa shape index (κ3) is 36.0. The van der Waals surface area contributed by atoms with E-state index in [-0.39, 0.29) is 11.9 Å². The van der Waals surface area contributed by atoms with Crippen LogP contribution in [0.5, 0.6) is 0 Å². The summed E-state index contributed by atoms with van der Waals surface area (Å²) in [7, 11) is 0. The van der Waals surface area contributed by atoms with E-state index in [9.17, 15) is 9.59 Å². The van der Waals surface area contributed by atoms with Gasteiger partial charge in [0.1, 0.15) is 0 Å². The van der Waals surface area contributed by atoms with Gasteiger partial charge in [-0.1, -0.05) is 133 Å². The Hall–Kier alpha value is -2.10. The van der Waals surface area contributed by atoms with Gasteiger partial charge >= 0.3 is 11.9 Å². The minimum absolute atomic E-state index is 0.133. The van der Waals surface area contributed by atoms with Gasteiger partial charge in [-0.25, -0.2) is 0 Å². The number of hydrogen-bond acceptors (Lipinski definition) is 4. The van der Waals surface area contributed by atoms with Crippen molar-refractivity contribution in [1.82, 2.24) is 0 Å². The third-order valence-corrected chi connectivity index (χ3v) is 7.49. The number of carbonyl (C=O) groups excluding carboxylic acids is 2. The first-order chi connectivity index (χ1) is 21.2. The van der Waals surface area contributed by atoms with E-state index in [4.69, 9.17) is 9.47 Å². The molecule has 0 bridgehead atoms. The largest absolute Gasteiger partial charge is 0.466 e. The minimum atomic E-state index is -0.138. The highest BCUT2D eigenvalue weighted by atomic mass is 16.5. The fourth-order valence-electron chi connectivity index (χ4n) is 4.80. The molecule has 0 saturated carbocycles. The lowest BCUT2D eigenvalue weighted by Gasteiger charge is -2.06. The van der Waals surface area contributed by atoms with Crippen LogP contribution in [-0.4, -0.2) is 25.2 Å². The number of allylic oxidation sites excluding steroid dienone is 8. The second-order valence-corrected chi connectivity index (χ2v) is 11.7. The molecule has 43 heavy (non-hydrogen) atoms. The number of rotatable bonds is 32. The van der Waals surface area contributed by atoms with Gasteiger partial charge in [0, 0.05) is 19.3 Å². The Morgan fingerprint density at radius 2 is 0.791 bits per heavy atom. The molecule has 0 amide bonds. The monoisotopic (exact) mass is 601 g/mol. The second kappa shape index (κ2) is 36.1. The first-order valence-corrected chi connectivity index (χ1v) is 18.1. The maximum atomic E-state index is 11.9. The van der Waals surface area contributed by atoms with Crippen LogP contribution in [0, 0.1) is 0 Å². The van der Waals surface area contributed by atoms with E-state index >= 15 is 0 Å². The van der Waals surface area contributed by atoms with Gasteiger partial charge in [-0.05, 0) is 70.6 Å². The van der Waals surface area contributed by atoms with Gasteiger partial charge in [0.15, 0.2) is 0 Å². The van der Waals surface area contributed by atoms with Crippen LogP contribution in [0.1, 0.15) is 174 Å². The number of ether oxygens (including phenoxy) is 2. The van der Waals surface area contributed by atoms with Crippen LogP contribution in [-0.2, 0) is 19.1 Å². The molecule has 0 N–H and O–H groups in total. The highest BCUT2D eigenvalue weighted by Crippen LogP contribution is 2.11. The van der Waals surface area contributed by atoms with Crippen molar-refractivity contribution in [3.63, 3.8) is 0 Å². The lowest BCUT2D eigenvalue weighted by atomic mass is 10.1. The van der Waals surface area contributed by atoms with Gasteiger partial charge < -0.3 is 9.47 Å². The summed E-state index contributed by atoms with van der Waals surface area (Å²) in [4.78, 5) is 23.8. The fraction of sp³-hybridized carbons (Fsp3) is 0.744. The molecule has 0 rings (SSSR count). The van der Waals surface area contributed by atoms with Gasteiger partial charge in [0.05, 0.1) is 13.2 Å². The Bertz CT molecular complexity index is 719. The van der Waals surface area contributed by atoms with Crippen LogP contribution in [0.15, 0.2) is 48.6 Å². The normalized spacial score (nSPS) is 12.0. The molecule has 0 atom stereocenters. The number of carbonyl (C=O) groups is 2. The van der Waals surface area contributed by atoms with E-state index in [0.29, 0.717) is 32.5 Å². The Balaban J connectivity index is 3.37. The molecule has 0 aliphatic carbocycles. The zero-order chi connectivity index (χ0) is 31.3. The summed E-state index contributed by atoms with van der Waals surface area (Å²) in [6, 6.07) is 0. The maximum Gasteiger partial charge on any atom is 0.305 e. The third-order valence-electron chi connectivity index (χ3n) is 7.49. The molecule has 0 unspecified atom stereocenters. The predicted molar refractivity (Wildman–Crippen MR) is 185 cm³/mol. The summed E-state index contributed by atoms with van der Waals surface area (Å²) in [6.45, 7) is 5.08.